The molecule has 3 heterocycles. The molecule has 9 nitrogen and oxygen atoms in total. The Morgan fingerprint density at radius 3 is 2.53 bits per heavy atom. The predicted molar refractivity (Wildman–Crippen MR) is 130 cm³/mol. The maximum Gasteiger partial charge on any atom is 0.263 e. The number of piperazine rings is 1. The highest BCUT2D eigenvalue weighted by atomic mass is 32.2. The van der Waals surface area contributed by atoms with Gasteiger partial charge in [-0.15, -0.1) is 0 Å². The SMILES string of the molecule is CCn1cc(C(=O)NCc2cccnc2)c(S(=O)(=O)N2CCN(c3cccc(C)c3C)CC2)n1. The summed E-state index contributed by atoms with van der Waals surface area (Å²) in [5.41, 5.74) is 4.42. The first-order valence-electron chi connectivity index (χ1n) is 11.4. The Morgan fingerprint density at radius 2 is 1.85 bits per heavy atom. The zero-order valence-corrected chi connectivity index (χ0v) is 20.5. The molecule has 1 aliphatic heterocycles. The van der Waals surface area contributed by atoms with Crippen LogP contribution in [-0.2, 0) is 23.1 Å². The first kappa shape index (κ1) is 23.9. The lowest BCUT2D eigenvalue weighted by Crippen LogP contribution is -2.49. The summed E-state index contributed by atoms with van der Waals surface area (Å²) in [5, 5.41) is 6.84. The van der Waals surface area contributed by atoms with Crippen LogP contribution in [0.4, 0.5) is 5.69 Å². The van der Waals surface area contributed by atoms with Crippen molar-refractivity contribution in [2.45, 2.75) is 38.9 Å². The fraction of sp³-hybridized carbons (Fsp3) is 0.375. The maximum atomic E-state index is 13.5. The second-order valence-electron chi connectivity index (χ2n) is 8.36. The van der Waals surface area contributed by atoms with Crippen molar-refractivity contribution < 1.29 is 13.2 Å². The van der Waals surface area contributed by atoms with Crippen LogP contribution in [0.2, 0.25) is 0 Å². The third-order valence-corrected chi connectivity index (χ3v) is 8.05. The summed E-state index contributed by atoms with van der Waals surface area (Å²) in [5.74, 6) is -0.476. The Balaban J connectivity index is 1.51. The molecule has 1 aliphatic rings. The molecule has 0 radical (unpaired) electrons. The molecule has 1 fully saturated rings. The Labute approximate surface area is 200 Å². The third-order valence-electron chi connectivity index (χ3n) is 6.21. The van der Waals surface area contributed by atoms with Crippen LogP contribution in [0.5, 0.6) is 0 Å². The van der Waals surface area contributed by atoms with Crippen LogP contribution in [0.25, 0.3) is 0 Å². The molecule has 34 heavy (non-hydrogen) atoms. The predicted octanol–water partition coefficient (Wildman–Crippen LogP) is 2.36. The molecule has 1 amide bonds. The summed E-state index contributed by atoms with van der Waals surface area (Å²) >= 11 is 0. The lowest BCUT2D eigenvalue weighted by atomic mass is 10.1. The van der Waals surface area contributed by atoms with Crippen molar-refractivity contribution in [2.75, 3.05) is 31.1 Å². The fourth-order valence-corrected chi connectivity index (χ4v) is 5.58. The topological polar surface area (TPSA) is 100 Å². The van der Waals surface area contributed by atoms with Gasteiger partial charge in [0.2, 0.25) is 5.03 Å². The van der Waals surface area contributed by atoms with E-state index in [2.05, 4.69) is 46.3 Å². The molecule has 0 saturated carbocycles. The Kier molecular flexibility index (Phi) is 6.99. The monoisotopic (exact) mass is 482 g/mol. The average Bonchev–Trinajstić information content (AvgIpc) is 3.31. The number of pyridine rings is 1. The molecule has 1 saturated heterocycles. The van der Waals surface area contributed by atoms with Gasteiger partial charge >= 0.3 is 0 Å². The molecular weight excluding hydrogens is 452 g/mol. The number of sulfonamides is 1. The van der Waals surface area contributed by atoms with Gasteiger partial charge in [0.25, 0.3) is 15.9 Å². The highest BCUT2D eigenvalue weighted by molar-refractivity contribution is 7.89. The van der Waals surface area contributed by atoms with Crippen LogP contribution < -0.4 is 10.2 Å². The number of carbonyl (C=O) groups excluding carboxylic acids is 1. The standard InChI is InChI=1S/C24H30N6O3S/c1-4-29-17-21(23(31)26-16-20-8-6-10-25-15-20)24(27-29)34(32,33)30-13-11-28(12-14-30)22-9-5-7-18(2)19(22)3/h5-10,15,17H,4,11-14,16H2,1-3H3,(H,26,31). The second kappa shape index (κ2) is 9.94. The number of aromatic nitrogens is 3. The Morgan fingerprint density at radius 1 is 1.09 bits per heavy atom. The van der Waals surface area contributed by atoms with Gasteiger partial charge < -0.3 is 10.2 Å². The van der Waals surface area contributed by atoms with E-state index in [0.29, 0.717) is 32.7 Å². The minimum Gasteiger partial charge on any atom is -0.369 e. The van der Waals surface area contributed by atoms with E-state index in [0.717, 1.165) is 11.3 Å². The fourth-order valence-electron chi connectivity index (χ4n) is 4.06. The lowest BCUT2D eigenvalue weighted by Gasteiger charge is -2.36. The summed E-state index contributed by atoms with van der Waals surface area (Å²) in [6, 6.07) is 9.79. The maximum absolute atomic E-state index is 13.5. The number of rotatable bonds is 7. The van der Waals surface area contributed by atoms with E-state index in [9.17, 15) is 13.2 Å². The first-order valence-corrected chi connectivity index (χ1v) is 12.8. The molecule has 10 heteroatoms. The van der Waals surface area contributed by atoms with Gasteiger partial charge in [-0.05, 0) is 49.6 Å². The van der Waals surface area contributed by atoms with E-state index in [1.807, 2.05) is 19.1 Å². The molecule has 0 bridgehead atoms. The van der Waals surface area contributed by atoms with Crippen molar-refractivity contribution in [1.29, 1.82) is 0 Å². The molecule has 2 aromatic heterocycles. The van der Waals surface area contributed by atoms with Crippen LogP contribution in [0.3, 0.4) is 0 Å². The van der Waals surface area contributed by atoms with Crippen molar-refractivity contribution in [3.63, 3.8) is 0 Å². The molecule has 1 N–H and O–H groups in total. The van der Waals surface area contributed by atoms with Gasteiger partial charge in [-0.3, -0.25) is 14.5 Å². The smallest absolute Gasteiger partial charge is 0.263 e. The van der Waals surface area contributed by atoms with Crippen molar-refractivity contribution >= 4 is 21.6 Å². The summed E-state index contributed by atoms with van der Waals surface area (Å²) in [7, 11) is -3.93. The van der Waals surface area contributed by atoms with E-state index in [-0.39, 0.29) is 17.1 Å². The molecule has 0 aliphatic carbocycles. The largest absolute Gasteiger partial charge is 0.369 e. The highest BCUT2D eigenvalue weighted by Crippen LogP contribution is 2.26. The zero-order valence-electron chi connectivity index (χ0n) is 19.7. The van der Waals surface area contributed by atoms with Crippen LogP contribution in [0, 0.1) is 13.8 Å². The number of carbonyl (C=O) groups is 1. The third kappa shape index (κ3) is 4.83. The average molecular weight is 483 g/mol. The minimum atomic E-state index is -3.93. The molecule has 180 valence electrons. The number of aryl methyl sites for hydroxylation is 2. The van der Waals surface area contributed by atoms with Crippen molar-refractivity contribution in [1.82, 2.24) is 24.4 Å². The number of benzene rings is 1. The molecule has 1 aromatic carbocycles. The quantitative estimate of drug-likeness (QED) is 0.555. The molecule has 0 spiro atoms. The van der Waals surface area contributed by atoms with Crippen molar-refractivity contribution in [2.24, 2.45) is 0 Å². The van der Waals surface area contributed by atoms with Gasteiger partial charge in [-0.2, -0.15) is 9.40 Å². The summed E-state index contributed by atoms with van der Waals surface area (Å²) in [4.78, 5) is 19.2. The minimum absolute atomic E-state index is 0.0581. The van der Waals surface area contributed by atoms with Gasteiger partial charge in [0.05, 0.1) is 5.56 Å². The van der Waals surface area contributed by atoms with Crippen LogP contribution in [-0.4, -0.2) is 59.6 Å². The molecule has 0 unspecified atom stereocenters. The van der Waals surface area contributed by atoms with Crippen molar-refractivity contribution in [3.05, 3.63) is 71.2 Å². The number of hydrogen-bond acceptors (Lipinski definition) is 6. The normalized spacial score (nSPS) is 14.9. The van der Waals surface area contributed by atoms with Gasteiger partial charge in [0.15, 0.2) is 0 Å². The van der Waals surface area contributed by atoms with E-state index in [4.69, 9.17) is 0 Å². The zero-order chi connectivity index (χ0) is 24.3. The van der Waals surface area contributed by atoms with E-state index in [1.165, 1.54) is 26.3 Å². The van der Waals surface area contributed by atoms with E-state index < -0.39 is 15.9 Å². The summed E-state index contributed by atoms with van der Waals surface area (Å²) < 4.78 is 30.0. The Bertz CT molecular complexity index is 1270. The van der Waals surface area contributed by atoms with Gasteiger partial charge in [-0.1, -0.05) is 18.2 Å². The molecular formula is C24H30N6O3S. The van der Waals surface area contributed by atoms with Crippen LogP contribution in [0.1, 0.15) is 34.0 Å². The summed E-state index contributed by atoms with van der Waals surface area (Å²) in [6.07, 6.45) is 4.81. The van der Waals surface area contributed by atoms with E-state index in [1.54, 1.807) is 18.5 Å². The van der Waals surface area contributed by atoms with Crippen molar-refractivity contribution in [3.8, 4) is 0 Å². The first-order chi connectivity index (χ1) is 16.3. The number of nitrogens with one attached hydrogen (secondary N) is 1. The molecule has 4 rings (SSSR count). The Hall–Kier alpha value is -3.24. The van der Waals surface area contributed by atoms with Crippen LogP contribution in [0.15, 0.2) is 53.9 Å². The molecule has 0 atom stereocenters. The lowest BCUT2D eigenvalue weighted by molar-refractivity contribution is 0.0947. The van der Waals surface area contributed by atoms with Gasteiger partial charge in [0.1, 0.15) is 0 Å². The molecule has 3 aromatic rings. The number of amides is 1. The summed E-state index contributed by atoms with van der Waals surface area (Å²) in [6.45, 7) is 8.50. The number of nitrogens with zero attached hydrogens (tertiary/aromatic N) is 5. The number of anilines is 1. The second-order valence-corrected chi connectivity index (χ2v) is 10.2. The van der Waals surface area contributed by atoms with Crippen LogP contribution >= 0.6 is 0 Å². The highest BCUT2D eigenvalue weighted by Gasteiger charge is 2.35. The van der Waals surface area contributed by atoms with Gasteiger partial charge in [-0.25, -0.2) is 8.42 Å². The van der Waals surface area contributed by atoms with Gasteiger partial charge in [0, 0.05) is 63.5 Å². The number of hydrogen-bond donors (Lipinski definition) is 1. The van der Waals surface area contributed by atoms with E-state index >= 15 is 0 Å².